The Hall–Kier alpha value is -2.40. The third kappa shape index (κ3) is 3.82. The molecule has 1 unspecified atom stereocenters. The Balaban J connectivity index is 1.79. The largest absolute Gasteiger partial charge is 0.369 e. The fourth-order valence-corrected chi connectivity index (χ4v) is 3.26. The lowest BCUT2D eigenvalue weighted by molar-refractivity contribution is -0.123. The molecule has 0 radical (unpaired) electrons. The molecule has 1 saturated heterocycles. The van der Waals surface area contributed by atoms with Crippen LogP contribution in [0.5, 0.6) is 0 Å². The molecule has 1 heterocycles. The van der Waals surface area contributed by atoms with E-state index in [1.54, 1.807) is 35.2 Å². The van der Waals surface area contributed by atoms with Gasteiger partial charge in [-0.15, -0.1) is 0 Å². The normalized spacial score (nSPS) is 17.4. The summed E-state index contributed by atoms with van der Waals surface area (Å²) in [5.41, 5.74) is 6.88. The molecule has 6 heteroatoms. The first kappa shape index (κ1) is 17.4. The van der Waals surface area contributed by atoms with Crippen LogP contribution in [0.1, 0.15) is 23.2 Å². The summed E-state index contributed by atoms with van der Waals surface area (Å²) in [6.07, 6.45) is 1.47. The Bertz CT molecular complexity index is 808. The number of likely N-dealkylation sites (tertiary alicyclic amines) is 1. The van der Waals surface area contributed by atoms with E-state index in [4.69, 9.17) is 17.3 Å². The molecular formula is C19H18ClFN2O2. The van der Waals surface area contributed by atoms with Crippen LogP contribution in [-0.4, -0.2) is 29.8 Å². The van der Waals surface area contributed by atoms with Crippen LogP contribution in [0.2, 0.25) is 5.02 Å². The SMILES string of the molecule is NC(=O)C1CCCN(C(=O)c2ccc(-c3cc(Cl)ccc3F)cc2)C1. The highest BCUT2D eigenvalue weighted by Gasteiger charge is 2.27. The van der Waals surface area contributed by atoms with Crippen molar-refractivity contribution >= 4 is 23.4 Å². The minimum atomic E-state index is -0.371. The number of rotatable bonds is 3. The van der Waals surface area contributed by atoms with Gasteiger partial charge in [-0.2, -0.15) is 0 Å². The number of nitrogens with two attached hydrogens (primary N) is 1. The Labute approximate surface area is 150 Å². The van der Waals surface area contributed by atoms with Crippen LogP contribution in [0.15, 0.2) is 42.5 Å². The number of carbonyl (C=O) groups excluding carboxylic acids is 2. The van der Waals surface area contributed by atoms with Gasteiger partial charge in [-0.1, -0.05) is 23.7 Å². The van der Waals surface area contributed by atoms with Crippen molar-refractivity contribution in [1.82, 2.24) is 4.90 Å². The third-order valence-electron chi connectivity index (χ3n) is 4.48. The molecule has 1 aliphatic heterocycles. The fraction of sp³-hybridized carbons (Fsp3) is 0.263. The van der Waals surface area contributed by atoms with Crippen molar-refractivity contribution in [3.8, 4) is 11.1 Å². The van der Waals surface area contributed by atoms with Crippen molar-refractivity contribution in [1.29, 1.82) is 0 Å². The van der Waals surface area contributed by atoms with Crippen LogP contribution in [0, 0.1) is 11.7 Å². The van der Waals surface area contributed by atoms with Gasteiger partial charge in [0.25, 0.3) is 5.91 Å². The molecule has 0 bridgehead atoms. The van der Waals surface area contributed by atoms with Gasteiger partial charge < -0.3 is 10.6 Å². The zero-order chi connectivity index (χ0) is 18.0. The van der Waals surface area contributed by atoms with Crippen molar-refractivity contribution in [2.75, 3.05) is 13.1 Å². The fourth-order valence-electron chi connectivity index (χ4n) is 3.09. The zero-order valence-electron chi connectivity index (χ0n) is 13.5. The van der Waals surface area contributed by atoms with Gasteiger partial charge in [0, 0.05) is 29.2 Å². The number of primary amides is 1. The Kier molecular flexibility index (Phi) is 5.04. The van der Waals surface area contributed by atoms with Crippen LogP contribution >= 0.6 is 11.6 Å². The highest BCUT2D eigenvalue weighted by molar-refractivity contribution is 6.30. The summed E-state index contributed by atoms with van der Waals surface area (Å²) in [6, 6.07) is 11.1. The number of nitrogens with zero attached hydrogens (tertiary/aromatic N) is 1. The highest BCUT2D eigenvalue weighted by Crippen LogP contribution is 2.27. The van der Waals surface area contributed by atoms with Crippen molar-refractivity contribution < 1.29 is 14.0 Å². The second-order valence-electron chi connectivity index (χ2n) is 6.19. The average Bonchev–Trinajstić information content (AvgIpc) is 2.63. The number of hydrogen-bond donors (Lipinski definition) is 1. The summed E-state index contributed by atoms with van der Waals surface area (Å²) in [5.74, 6) is -1.19. The number of piperidine rings is 1. The standard InChI is InChI=1S/C19H18ClFN2O2/c20-15-7-8-17(21)16(10-15)12-3-5-13(6-4-12)19(25)23-9-1-2-14(11-23)18(22)24/h3-8,10,14H,1-2,9,11H2,(H2,22,24). The van der Waals surface area contributed by atoms with Crippen molar-refractivity contribution in [3.05, 3.63) is 58.9 Å². The molecule has 3 rings (SSSR count). The van der Waals surface area contributed by atoms with E-state index in [0.29, 0.717) is 41.2 Å². The minimum Gasteiger partial charge on any atom is -0.369 e. The highest BCUT2D eigenvalue weighted by atomic mass is 35.5. The molecule has 2 amide bonds. The van der Waals surface area contributed by atoms with Crippen molar-refractivity contribution in [2.24, 2.45) is 11.7 Å². The molecule has 1 fully saturated rings. The smallest absolute Gasteiger partial charge is 0.253 e. The van der Waals surface area contributed by atoms with Gasteiger partial charge in [0.2, 0.25) is 5.91 Å². The lowest BCUT2D eigenvalue weighted by Gasteiger charge is -2.31. The summed E-state index contributed by atoms with van der Waals surface area (Å²) < 4.78 is 13.9. The predicted octanol–water partition coefficient (Wildman–Crippen LogP) is 3.48. The van der Waals surface area contributed by atoms with Crippen molar-refractivity contribution in [2.45, 2.75) is 12.8 Å². The van der Waals surface area contributed by atoms with E-state index < -0.39 is 0 Å². The first-order valence-corrected chi connectivity index (χ1v) is 8.47. The molecule has 4 nitrogen and oxygen atoms in total. The van der Waals surface area contributed by atoms with Gasteiger partial charge >= 0.3 is 0 Å². The maximum absolute atomic E-state index is 13.9. The Morgan fingerprint density at radius 1 is 1.16 bits per heavy atom. The van der Waals surface area contributed by atoms with Crippen LogP contribution < -0.4 is 5.73 Å². The Morgan fingerprint density at radius 2 is 1.88 bits per heavy atom. The molecule has 1 atom stereocenters. The molecule has 2 aromatic rings. The molecule has 2 aromatic carbocycles. The second kappa shape index (κ2) is 7.23. The van der Waals surface area contributed by atoms with E-state index in [0.717, 1.165) is 6.42 Å². The summed E-state index contributed by atoms with van der Waals surface area (Å²) in [4.78, 5) is 25.6. The van der Waals surface area contributed by atoms with Gasteiger partial charge in [0.05, 0.1) is 5.92 Å². The van der Waals surface area contributed by atoms with Gasteiger partial charge in [0.1, 0.15) is 5.82 Å². The molecule has 1 aliphatic rings. The summed E-state index contributed by atoms with van der Waals surface area (Å²) >= 11 is 5.92. The number of benzene rings is 2. The average molecular weight is 361 g/mol. The van der Waals surface area contributed by atoms with E-state index in [1.807, 2.05) is 0 Å². The third-order valence-corrected chi connectivity index (χ3v) is 4.72. The van der Waals surface area contributed by atoms with Crippen LogP contribution in [0.4, 0.5) is 4.39 Å². The van der Waals surface area contributed by atoms with Crippen molar-refractivity contribution in [3.63, 3.8) is 0 Å². The van der Waals surface area contributed by atoms with Crippen LogP contribution in [-0.2, 0) is 4.79 Å². The molecule has 0 aliphatic carbocycles. The number of carbonyl (C=O) groups is 2. The molecule has 130 valence electrons. The lowest BCUT2D eigenvalue weighted by Crippen LogP contribution is -2.44. The lowest BCUT2D eigenvalue weighted by atomic mass is 9.96. The molecule has 2 N–H and O–H groups in total. The van der Waals surface area contributed by atoms with E-state index in [2.05, 4.69) is 0 Å². The van der Waals surface area contributed by atoms with Crippen LogP contribution in [0.3, 0.4) is 0 Å². The van der Waals surface area contributed by atoms with E-state index in [-0.39, 0.29) is 23.5 Å². The van der Waals surface area contributed by atoms with Gasteiger partial charge in [-0.25, -0.2) is 4.39 Å². The quantitative estimate of drug-likeness (QED) is 0.910. The number of amides is 2. The topological polar surface area (TPSA) is 63.4 Å². The van der Waals surface area contributed by atoms with Gasteiger partial charge in [-0.05, 0) is 48.7 Å². The first-order valence-electron chi connectivity index (χ1n) is 8.10. The number of hydrogen-bond acceptors (Lipinski definition) is 2. The maximum Gasteiger partial charge on any atom is 0.253 e. The summed E-state index contributed by atoms with van der Waals surface area (Å²) in [5, 5.41) is 0.447. The predicted molar refractivity (Wildman–Crippen MR) is 94.7 cm³/mol. The van der Waals surface area contributed by atoms with E-state index in [9.17, 15) is 14.0 Å². The minimum absolute atomic E-state index is 0.149. The zero-order valence-corrected chi connectivity index (χ0v) is 14.3. The number of halogens is 2. The molecular weight excluding hydrogens is 343 g/mol. The molecule has 0 saturated carbocycles. The molecule has 0 spiro atoms. The van der Waals surface area contributed by atoms with Gasteiger partial charge in [-0.3, -0.25) is 9.59 Å². The summed E-state index contributed by atoms with van der Waals surface area (Å²) in [7, 11) is 0. The molecule has 0 aromatic heterocycles. The van der Waals surface area contributed by atoms with E-state index >= 15 is 0 Å². The molecule has 25 heavy (non-hydrogen) atoms. The van der Waals surface area contributed by atoms with Crippen LogP contribution in [0.25, 0.3) is 11.1 Å². The Morgan fingerprint density at radius 3 is 2.56 bits per heavy atom. The van der Waals surface area contributed by atoms with Gasteiger partial charge in [0.15, 0.2) is 0 Å². The second-order valence-corrected chi connectivity index (χ2v) is 6.63. The monoisotopic (exact) mass is 360 g/mol. The van der Waals surface area contributed by atoms with E-state index in [1.165, 1.54) is 12.1 Å². The first-order chi connectivity index (χ1) is 12.0. The maximum atomic E-state index is 13.9. The summed E-state index contributed by atoms with van der Waals surface area (Å²) in [6.45, 7) is 0.951.